The highest BCUT2D eigenvalue weighted by Gasteiger charge is 2.07. The van der Waals surface area contributed by atoms with Gasteiger partial charge in [-0.1, -0.05) is 6.58 Å². The number of amides is 1. The third kappa shape index (κ3) is 3.98. The summed E-state index contributed by atoms with van der Waals surface area (Å²) in [6, 6.07) is 4.69. The molecule has 1 aromatic carbocycles. The number of aromatic amines is 2. The fourth-order valence-electron chi connectivity index (χ4n) is 1.64. The molecule has 22 heavy (non-hydrogen) atoms. The van der Waals surface area contributed by atoms with Gasteiger partial charge in [-0.3, -0.25) is 0 Å². The molecular formula is C14H15N3O5. The van der Waals surface area contributed by atoms with Crippen LogP contribution in [0.2, 0.25) is 0 Å². The van der Waals surface area contributed by atoms with E-state index in [9.17, 15) is 14.4 Å². The number of ether oxygens (including phenoxy) is 2. The summed E-state index contributed by atoms with van der Waals surface area (Å²) in [6.45, 7) is 5.10. The monoisotopic (exact) mass is 305 g/mol. The number of hydrogen-bond donors (Lipinski definition) is 3. The van der Waals surface area contributed by atoms with Crippen molar-refractivity contribution in [2.24, 2.45) is 0 Å². The first-order valence-electron chi connectivity index (χ1n) is 6.46. The van der Waals surface area contributed by atoms with Crippen LogP contribution in [0.5, 0.6) is 5.75 Å². The number of esters is 1. The molecule has 0 fully saturated rings. The molecule has 8 heteroatoms. The summed E-state index contributed by atoms with van der Waals surface area (Å²) in [5, 5.41) is 2.43. The van der Waals surface area contributed by atoms with Gasteiger partial charge < -0.3 is 24.8 Å². The van der Waals surface area contributed by atoms with E-state index in [2.05, 4.69) is 21.9 Å². The summed E-state index contributed by atoms with van der Waals surface area (Å²) in [5.74, 6) is -0.240. The van der Waals surface area contributed by atoms with E-state index in [-0.39, 0.29) is 30.2 Å². The van der Waals surface area contributed by atoms with Crippen LogP contribution in [0.1, 0.15) is 6.92 Å². The summed E-state index contributed by atoms with van der Waals surface area (Å²) in [6.07, 6.45) is -0.691. The number of rotatable bonds is 5. The van der Waals surface area contributed by atoms with Gasteiger partial charge in [-0.2, -0.15) is 0 Å². The minimum atomic E-state index is -0.691. The lowest BCUT2D eigenvalue weighted by Gasteiger charge is -2.07. The van der Waals surface area contributed by atoms with Gasteiger partial charge in [0.1, 0.15) is 12.4 Å². The highest BCUT2D eigenvalue weighted by molar-refractivity contribution is 5.86. The Labute approximate surface area is 125 Å². The number of carbonyl (C=O) groups is 2. The van der Waals surface area contributed by atoms with E-state index in [1.54, 1.807) is 12.1 Å². The molecule has 0 saturated heterocycles. The van der Waals surface area contributed by atoms with Crippen molar-refractivity contribution in [1.82, 2.24) is 15.3 Å². The van der Waals surface area contributed by atoms with E-state index < -0.39 is 12.1 Å². The zero-order chi connectivity index (χ0) is 16.1. The molecule has 0 radical (unpaired) electrons. The van der Waals surface area contributed by atoms with Gasteiger partial charge in [-0.15, -0.1) is 0 Å². The molecule has 0 unspecified atom stereocenters. The Kier molecular flexibility index (Phi) is 4.62. The zero-order valence-corrected chi connectivity index (χ0v) is 11.9. The van der Waals surface area contributed by atoms with Crippen LogP contribution >= 0.6 is 0 Å². The molecule has 1 aromatic heterocycles. The van der Waals surface area contributed by atoms with E-state index in [0.29, 0.717) is 11.0 Å². The van der Waals surface area contributed by atoms with Crippen LogP contribution in [0.15, 0.2) is 35.1 Å². The van der Waals surface area contributed by atoms with Crippen molar-refractivity contribution in [3.63, 3.8) is 0 Å². The second kappa shape index (κ2) is 6.61. The average Bonchev–Trinajstić information content (AvgIpc) is 2.82. The van der Waals surface area contributed by atoms with Crippen LogP contribution in [0.3, 0.4) is 0 Å². The SMILES string of the molecule is C=C(C)C(=O)OCCNC(=O)Oc1ccc2[nH]c(=O)[nH]c2c1. The topological polar surface area (TPSA) is 113 Å². The molecule has 116 valence electrons. The van der Waals surface area contributed by atoms with Crippen LogP contribution < -0.4 is 15.7 Å². The first-order chi connectivity index (χ1) is 10.5. The minimum absolute atomic E-state index is 0.0188. The zero-order valence-electron chi connectivity index (χ0n) is 11.9. The largest absolute Gasteiger partial charge is 0.460 e. The molecule has 2 rings (SSSR count). The highest BCUT2D eigenvalue weighted by Crippen LogP contribution is 2.16. The first-order valence-corrected chi connectivity index (χ1v) is 6.46. The summed E-state index contributed by atoms with van der Waals surface area (Å²) >= 11 is 0. The van der Waals surface area contributed by atoms with Crippen molar-refractivity contribution in [3.8, 4) is 5.75 Å². The molecule has 0 saturated carbocycles. The molecule has 8 nitrogen and oxygen atoms in total. The molecule has 0 aliphatic carbocycles. The lowest BCUT2D eigenvalue weighted by Crippen LogP contribution is -2.30. The maximum Gasteiger partial charge on any atom is 0.412 e. The van der Waals surface area contributed by atoms with Crippen LogP contribution in [-0.4, -0.2) is 35.2 Å². The normalized spacial score (nSPS) is 10.2. The van der Waals surface area contributed by atoms with Crippen molar-refractivity contribution in [2.45, 2.75) is 6.92 Å². The number of nitrogens with one attached hydrogen (secondary N) is 3. The van der Waals surface area contributed by atoms with Gasteiger partial charge in [0.15, 0.2) is 0 Å². The number of hydrogen-bond acceptors (Lipinski definition) is 5. The van der Waals surface area contributed by atoms with Crippen molar-refractivity contribution < 1.29 is 19.1 Å². The van der Waals surface area contributed by atoms with E-state index >= 15 is 0 Å². The van der Waals surface area contributed by atoms with E-state index in [4.69, 9.17) is 9.47 Å². The van der Waals surface area contributed by atoms with Gasteiger partial charge in [-0.05, 0) is 19.1 Å². The predicted molar refractivity (Wildman–Crippen MR) is 78.7 cm³/mol. The van der Waals surface area contributed by atoms with Gasteiger partial charge in [-0.25, -0.2) is 14.4 Å². The fourth-order valence-corrected chi connectivity index (χ4v) is 1.64. The van der Waals surface area contributed by atoms with Gasteiger partial charge in [0.25, 0.3) is 0 Å². The number of H-pyrrole nitrogens is 2. The molecule has 0 aliphatic heterocycles. The third-order valence-electron chi connectivity index (χ3n) is 2.65. The number of benzene rings is 1. The molecule has 0 atom stereocenters. The second-order valence-electron chi connectivity index (χ2n) is 4.52. The Morgan fingerprint density at radius 2 is 2.00 bits per heavy atom. The Hall–Kier alpha value is -3.03. The Morgan fingerprint density at radius 1 is 1.27 bits per heavy atom. The van der Waals surface area contributed by atoms with Gasteiger partial charge in [0, 0.05) is 11.6 Å². The molecule has 1 amide bonds. The van der Waals surface area contributed by atoms with Gasteiger partial charge in [0.2, 0.25) is 0 Å². The van der Waals surface area contributed by atoms with Crippen molar-refractivity contribution >= 4 is 23.1 Å². The molecule has 0 spiro atoms. The molecular weight excluding hydrogens is 290 g/mol. The average molecular weight is 305 g/mol. The number of fused-ring (bicyclic) bond motifs is 1. The van der Waals surface area contributed by atoms with Crippen LogP contribution in [-0.2, 0) is 9.53 Å². The smallest absolute Gasteiger partial charge is 0.412 e. The first kappa shape index (κ1) is 15.4. The van der Waals surface area contributed by atoms with Crippen molar-refractivity contribution in [2.75, 3.05) is 13.2 Å². The summed E-state index contributed by atoms with van der Waals surface area (Å²) < 4.78 is 9.85. The Morgan fingerprint density at radius 3 is 2.73 bits per heavy atom. The molecule has 1 heterocycles. The van der Waals surface area contributed by atoms with Crippen molar-refractivity contribution in [1.29, 1.82) is 0 Å². The quantitative estimate of drug-likeness (QED) is 0.434. The predicted octanol–water partition coefficient (Wildman–Crippen LogP) is 1.06. The van der Waals surface area contributed by atoms with E-state index in [0.717, 1.165) is 0 Å². The standard InChI is InChI=1S/C14H15N3O5/c1-8(2)12(18)21-6-5-15-14(20)22-9-3-4-10-11(7-9)17-13(19)16-10/h3-4,7H,1,5-6H2,2H3,(H,15,20)(H2,16,17,19). The Balaban J connectivity index is 1.82. The molecule has 2 aromatic rings. The molecule has 3 N–H and O–H groups in total. The minimum Gasteiger partial charge on any atom is -0.460 e. The number of aromatic nitrogens is 2. The fraction of sp³-hybridized carbons (Fsp3) is 0.214. The lowest BCUT2D eigenvalue weighted by atomic mass is 10.3. The summed E-state index contributed by atoms with van der Waals surface area (Å²) in [5.41, 5.74) is 1.10. The molecule has 0 bridgehead atoms. The van der Waals surface area contributed by atoms with E-state index in [1.165, 1.54) is 13.0 Å². The maximum absolute atomic E-state index is 11.6. The number of carbonyl (C=O) groups excluding carboxylic acids is 2. The van der Waals surface area contributed by atoms with Crippen molar-refractivity contribution in [3.05, 3.63) is 40.8 Å². The summed E-state index contributed by atoms with van der Waals surface area (Å²) in [4.78, 5) is 38.9. The van der Waals surface area contributed by atoms with E-state index in [1.807, 2.05) is 0 Å². The summed E-state index contributed by atoms with van der Waals surface area (Å²) in [7, 11) is 0. The maximum atomic E-state index is 11.6. The third-order valence-corrected chi connectivity index (χ3v) is 2.65. The Bertz CT molecular complexity index is 774. The van der Waals surface area contributed by atoms with Crippen LogP contribution in [0.25, 0.3) is 11.0 Å². The van der Waals surface area contributed by atoms with Gasteiger partial charge >= 0.3 is 17.8 Å². The molecule has 0 aliphatic rings. The van der Waals surface area contributed by atoms with Crippen LogP contribution in [0, 0.1) is 0 Å². The second-order valence-corrected chi connectivity index (χ2v) is 4.52. The van der Waals surface area contributed by atoms with Crippen LogP contribution in [0.4, 0.5) is 4.79 Å². The van der Waals surface area contributed by atoms with Gasteiger partial charge in [0.05, 0.1) is 17.6 Å². The number of imidazole rings is 1. The lowest BCUT2D eigenvalue weighted by molar-refractivity contribution is -0.138. The highest BCUT2D eigenvalue weighted by atomic mass is 16.6.